The van der Waals surface area contributed by atoms with E-state index in [4.69, 9.17) is 5.11 Å². The zero-order valence-corrected chi connectivity index (χ0v) is 11.9. The summed E-state index contributed by atoms with van der Waals surface area (Å²) in [6.45, 7) is 1.86. The van der Waals surface area contributed by atoms with Crippen LogP contribution in [0.4, 0.5) is 18.0 Å². The molecule has 0 bridgehead atoms. The van der Waals surface area contributed by atoms with Crippen LogP contribution < -0.4 is 5.32 Å². The van der Waals surface area contributed by atoms with Gasteiger partial charge < -0.3 is 15.3 Å². The quantitative estimate of drug-likeness (QED) is 0.877. The standard InChI is InChI=1S/C14H19F3N2O2/c1-10(18-13(21)19(2)7-8-20)9-11-3-5-12(6-4-11)14(15,16)17/h3-6,10,20H,7-9H2,1-2H3,(H,18,21). The molecule has 0 fully saturated rings. The molecule has 0 heterocycles. The monoisotopic (exact) mass is 304 g/mol. The van der Waals surface area contributed by atoms with Gasteiger partial charge in [-0.15, -0.1) is 0 Å². The van der Waals surface area contributed by atoms with Crippen LogP contribution in [-0.4, -0.2) is 42.3 Å². The van der Waals surface area contributed by atoms with E-state index in [1.807, 2.05) is 0 Å². The fourth-order valence-corrected chi connectivity index (χ4v) is 1.81. The number of likely N-dealkylation sites (N-methyl/N-ethyl adjacent to an activating group) is 1. The van der Waals surface area contributed by atoms with E-state index in [2.05, 4.69) is 5.32 Å². The topological polar surface area (TPSA) is 52.6 Å². The molecule has 2 N–H and O–H groups in total. The van der Waals surface area contributed by atoms with E-state index in [1.165, 1.54) is 17.0 Å². The lowest BCUT2D eigenvalue weighted by Gasteiger charge is -2.20. The minimum absolute atomic E-state index is 0.128. The summed E-state index contributed by atoms with van der Waals surface area (Å²) < 4.78 is 37.3. The molecule has 1 rings (SSSR count). The first kappa shape index (κ1) is 17.3. The molecule has 0 radical (unpaired) electrons. The Balaban J connectivity index is 2.55. The van der Waals surface area contributed by atoms with E-state index in [-0.39, 0.29) is 25.2 Å². The van der Waals surface area contributed by atoms with Crippen molar-refractivity contribution in [2.24, 2.45) is 0 Å². The minimum Gasteiger partial charge on any atom is -0.395 e. The molecular weight excluding hydrogens is 285 g/mol. The summed E-state index contributed by atoms with van der Waals surface area (Å²) in [4.78, 5) is 13.0. The van der Waals surface area contributed by atoms with Gasteiger partial charge in [0.2, 0.25) is 0 Å². The highest BCUT2D eigenvalue weighted by atomic mass is 19.4. The summed E-state index contributed by atoms with van der Waals surface area (Å²) in [5, 5.41) is 11.4. The molecule has 1 aromatic carbocycles. The van der Waals surface area contributed by atoms with Gasteiger partial charge in [-0.05, 0) is 31.0 Å². The van der Waals surface area contributed by atoms with Gasteiger partial charge in [-0.1, -0.05) is 12.1 Å². The maximum atomic E-state index is 12.4. The molecule has 7 heteroatoms. The molecule has 0 saturated heterocycles. The van der Waals surface area contributed by atoms with Crippen molar-refractivity contribution >= 4 is 6.03 Å². The number of rotatable bonds is 5. The molecule has 0 aliphatic rings. The van der Waals surface area contributed by atoms with Crippen LogP contribution >= 0.6 is 0 Å². The Kier molecular flexibility index (Phi) is 6.02. The smallest absolute Gasteiger partial charge is 0.395 e. The van der Waals surface area contributed by atoms with E-state index in [9.17, 15) is 18.0 Å². The predicted octanol–water partition coefficient (Wildman–Crippen LogP) is 2.27. The Morgan fingerprint density at radius 1 is 1.33 bits per heavy atom. The second-order valence-corrected chi connectivity index (χ2v) is 4.89. The summed E-state index contributed by atoms with van der Waals surface area (Å²) in [7, 11) is 1.55. The normalized spacial score (nSPS) is 12.9. The molecule has 21 heavy (non-hydrogen) atoms. The van der Waals surface area contributed by atoms with Crippen LogP contribution in [0.5, 0.6) is 0 Å². The number of aliphatic hydroxyl groups is 1. The van der Waals surface area contributed by atoms with Crippen LogP contribution in [0.1, 0.15) is 18.1 Å². The van der Waals surface area contributed by atoms with Crippen molar-refractivity contribution < 1.29 is 23.1 Å². The number of aliphatic hydroxyl groups excluding tert-OH is 1. The first-order chi connectivity index (χ1) is 9.74. The average molecular weight is 304 g/mol. The van der Waals surface area contributed by atoms with Gasteiger partial charge in [0.15, 0.2) is 0 Å². The number of hydrogen-bond donors (Lipinski definition) is 2. The van der Waals surface area contributed by atoms with Crippen LogP contribution in [0.25, 0.3) is 0 Å². The van der Waals surface area contributed by atoms with Gasteiger partial charge in [-0.2, -0.15) is 13.2 Å². The SMILES string of the molecule is CC(Cc1ccc(C(F)(F)F)cc1)NC(=O)N(C)CCO. The Labute approximate surface area is 121 Å². The van der Waals surface area contributed by atoms with Crippen LogP contribution in [0.2, 0.25) is 0 Å². The number of nitrogens with one attached hydrogen (secondary N) is 1. The third-order valence-corrected chi connectivity index (χ3v) is 2.98. The van der Waals surface area contributed by atoms with E-state index in [0.29, 0.717) is 12.0 Å². The number of halogens is 3. The number of hydrogen-bond acceptors (Lipinski definition) is 2. The molecule has 1 atom stereocenters. The van der Waals surface area contributed by atoms with Crippen LogP contribution in [0.15, 0.2) is 24.3 Å². The number of amides is 2. The van der Waals surface area contributed by atoms with E-state index < -0.39 is 11.7 Å². The van der Waals surface area contributed by atoms with Gasteiger partial charge in [-0.25, -0.2) is 4.79 Å². The summed E-state index contributed by atoms with van der Waals surface area (Å²) >= 11 is 0. The summed E-state index contributed by atoms with van der Waals surface area (Å²) in [6, 6.07) is 4.31. The average Bonchev–Trinajstić information content (AvgIpc) is 2.38. The second kappa shape index (κ2) is 7.31. The van der Waals surface area contributed by atoms with E-state index >= 15 is 0 Å². The fraction of sp³-hybridized carbons (Fsp3) is 0.500. The second-order valence-electron chi connectivity index (χ2n) is 4.89. The fourth-order valence-electron chi connectivity index (χ4n) is 1.81. The van der Waals surface area contributed by atoms with Crippen molar-refractivity contribution in [1.82, 2.24) is 10.2 Å². The highest BCUT2D eigenvalue weighted by molar-refractivity contribution is 5.74. The molecule has 1 unspecified atom stereocenters. The van der Waals surface area contributed by atoms with Gasteiger partial charge in [0.1, 0.15) is 0 Å². The molecule has 118 valence electrons. The minimum atomic E-state index is -4.34. The predicted molar refractivity (Wildman–Crippen MR) is 72.9 cm³/mol. The Hall–Kier alpha value is -1.76. The maximum absolute atomic E-state index is 12.4. The highest BCUT2D eigenvalue weighted by Gasteiger charge is 2.29. The van der Waals surface area contributed by atoms with Gasteiger partial charge >= 0.3 is 12.2 Å². The van der Waals surface area contributed by atoms with Crippen LogP contribution in [0, 0.1) is 0 Å². The van der Waals surface area contributed by atoms with E-state index in [1.54, 1.807) is 14.0 Å². The molecule has 2 amide bonds. The number of nitrogens with zero attached hydrogens (tertiary/aromatic N) is 1. The number of alkyl halides is 3. The lowest BCUT2D eigenvalue weighted by molar-refractivity contribution is -0.137. The van der Waals surface area contributed by atoms with Crippen molar-refractivity contribution in [3.05, 3.63) is 35.4 Å². The lowest BCUT2D eigenvalue weighted by atomic mass is 10.1. The zero-order valence-electron chi connectivity index (χ0n) is 11.9. The molecule has 4 nitrogen and oxygen atoms in total. The highest BCUT2D eigenvalue weighted by Crippen LogP contribution is 2.29. The Bertz CT molecular complexity index is 460. The van der Waals surface area contributed by atoms with Gasteiger partial charge in [-0.3, -0.25) is 0 Å². The third-order valence-electron chi connectivity index (χ3n) is 2.98. The van der Waals surface area contributed by atoms with Gasteiger partial charge in [0, 0.05) is 19.6 Å². The maximum Gasteiger partial charge on any atom is 0.416 e. The lowest BCUT2D eigenvalue weighted by Crippen LogP contribution is -2.43. The molecule has 0 spiro atoms. The first-order valence-electron chi connectivity index (χ1n) is 6.52. The van der Waals surface area contributed by atoms with E-state index in [0.717, 1.165) is 12.1 Å². The number of carbonyl (C=O) groups is 1. The molecule has 0 aromatic heterocycles. The van der Waals surface area contributed by atoms with Crippen molar-refractivity contribution in [2.75, 3.05) is 20.2 Å². The van der Waals surface area contributed by atoms with Crippen molar-refractivity contribution in [2.45, 2.75) is 25.6 Å². The third kappa shape index (κ3) is 5.63. The summed E-state index contributed by atoms with van der Waals surface area (Å²) in [5.74, 6) is 0. The van der Waals surface area contributed by atoms with Crippen molar-refractivity contribution in [1.29, 1.82) is 0 Å². The molecular formula is C14H19F3N2O2. The van der Waals surface area contributed by atoms with Gasteiger partial charge in [0.05, 0.1) is 12.2 Å². The Morgan fingerprint density at radius 3 is 2.38 bits per heavy atom. The number of benzene rings is 1. The molecule has 1 aromatic rings. The number of carbonyl (C=O) groups excluding carboxylic acids is 1. The zero-order chi connectivity index (χ0) is 16.0. The summed E-state index contributed by atoms with van der Waals surface area (Å²) in [5.41, 5.74) is 0.0197. The van der Waals surface area contributed by atoms with Crippen LogP contribution in [0.3, 0.4) is 0 Å². The molecule has 0 aliphatic heterocycles. The number of urea groups is 1. The first-order valence-corrected chi connectivity index (χ1v) is 6.52. The van der Waals surface area contributed by atoms with Crippen molar-refractivity contribution in [3.8, 4) is 0 Å². The van der Waals surface area contributed by atoms with Crippen molar-refractivity contribution in [3.63, 3.8) is 0 Å². The largest absolute Gasteiger partial charge is 0.416 e. The molecule has 0 saturated carbocycles. The molecule has 0 aliphatic carbocycles. The Morgan fingerprint density at radius 2 is 1.90 bits per heavy atom. The van der Waals surface area contributed by atoms with Gasteiger partial charge in [0.25, 0.3) is 0 Å². The van der Waals surface area contributed by atoms with Crippen LogP contribution in [-0.2, 0) is 12.6 Å². The summed E-state index contributed by atoms with van der Waals surface area (Å²) in [6.07, 6.45) is -3.91.